The molecule has 1 aliphatic rings. The first kappa shape index (κ1) is 19.9. The van der Waals surface area contributed by atoms with Crippen molar-refractivity contribution in [3.05, 3.63) is 66.1 Å². The molecule has 8 heteroatoms. The van der Waals surface area contributed by atoms with Crippen LogP contribution in [0.3, 0.4) is 0 Å². The van der Waals surface area contributed by atoms with E-state index in [4.69, 9.17) is 9.72 Å². The SMILES string of the molecule is CC1(C)Cc2nc(-c3cnccn3)ncc2[C@@H](NC(=O)COc2ccc(F)cc2)C1. The summed E-state index contributed by atoms with van der Waals surface area (Å²) in [4.78, 5) is 30.0. The van der Waals surface area contributed by atoms with Crippen LogP contribution in [-0.4, -0.2) is 32.4 Å². The highest BCUT2D eigenvalue weighted by molar-refractivity contribution is 5.78. The highest BCUT2D eigenvalue weighted by atomic mass is 19.1. The maximum atomic E-state index is 13.0. The summed E-state index contributed by atoms with van der Waals surface area (Å²) in [5.74, 6) is 0.344. The average molecular weight is 407 g/mol. The number of fused-ring (bicyclic) bond motifs is 1. The largest absolute Gasteiger partial charge is 0.484 e. The summed E-state index contributed by atoms with van der Waals surface area (Å²) in [5.41, 5.74) is 2.36. The number of halogens is 1. The molecule has 2 aromatic heterocycles. The quantitative estimate of drug-likeness (QED) is 0.698. The number of carbonyl (C=O) groups is 1. The number of aromatic nitrogens is 4. The number of amides is 1. The van der Waals surface area contributed by atoms with E-state index in [1.54, 1.807) is 24.8 Å². The maximum Gasteiger partial charge on any atom is 0.258 e. The molecule has 30 heavy (non-hydrogen) atoms. The monoisotopic (exact) mass is 407 g/mol. The van der Waals surface area contributed by atoms with Gasteiger partial charge in [-0.2, -0.15) is 0 Å². The predicted octanol–water partition coefficient (Wildman–Crippen LogP) is 3.28. The lowest BCUT2D eigenvalue weighted by molar-refractivity contribution is -0.124. The lowest BCUT2D eigenvalue weighted by Crippen LogP contribution is -2.39. The minimum Gasteiger partial charge on any atom is -0.484 e. The molecule has 0 saturated carbocycles. The van der Waals surface area contributed by atoms with Crippen molar-refractivity contribution in [3.63, 3.8) is 0 Å². The third kappa shape index (κ3) is 4.59. The van der Waals surface area contributed by atoms with Crippen LogP contribution < -0.4 is 10.1 Å². The Morgan fingerprint density at radius 1 is 1.20 bits per heavy atom. The second-order valence-electron chi connectivity index (χ2n) is 8.09. The Kier molecular flexibility index (Phi) is 5.39. The Morgan fingerprint density at radius 3 is 2.73 bits per heavy atom. The molecule has 0 spiro atoms. The van der Waals surface area contributed by atoms with Crippen LogP contribution in [-0.2, 0) is 11.2 Å². The van der Waals surface area contributed by atoms with Gasteiger partial charge in [0.05, 0.1) is 17.9 Å². The molecule has 1 amide bonds. The first-order chi connectivity index (χ1) is 14.4. The summed E-state index contributed by atoms with van der Waals surface area (Å²) in [6, 6.07) is 5.34. The van der Waals surface area contributed by atoms with Crippen molar-refractivity contribution in [1.82, 2.24) is 25.3 Å². The predicted molar refractivity (Wildman–Crippen MR) is 108 cm³/mol. The molecule has 0 saturated heterocycles. The fraction of sp³-hybridized carbons (Fsp3) is 0.318. The van der Waals surface area contributed by atoms with Crippen molar-refractivity contribution in [2.24, 2.45) is 5.41 Å². The zero-order valence-electron chi connectivity index (χ0n) is 16.8. The van der Waals surface area contributed by atoms with Gasteiger partial charge in [-0.3, -0.25) is 9.78 Å². The van der Waals surface area contributed by atoms with E-state index in [9.17, 15) is 9.18 Å². The highest BCUT2D eigenvalue weighted by Crippen LogP contribution is 2.40. The normalized spacial score (nSPS) is 17.1. The number of carbonyl (C=O) groups excluding carboxylic acids is 1. The fourth-order valence-corrected chi connectivity index (χ4v) is 3.63. The first-order valence-electron chi connectivity index (χ1n) is 9.69. The van der Waals surface area contributed by atoms with E-state index in [1.807, 2.05) is 0 Å². The van der Waals surface area contributed by atoms with Gasteiger partial charge in [-0.15, -0.1) is 0 Å². The van der Waals surface area contributed by atoms with E-state index in [-0.39, 0.29) is 29.8 Å². The highest BCUT2D eigenvalue weighted by Gasteiger charge is 2.34. The molecule has 2 heterocycles. The standard InChI is InChI=1S/C22H22FN5O2/c1-22(2)9-17(27-20(29)13-30-15-5-3-14(23)4-6-15)16-11-26-21(28-18(16)10-22)19-12-24-7-8-25-19/h3-8,11-12,17H,9-10,13H2,1-2H3,(H,27,29)/t17-/m0/s1. The van der Waals surface area contributed by atoms with Crippen molar-refractivity contribution < 1.29 is 13.9 Å². The van der Waals surface area contributed by atoms with Gasteiger partial charge in [-0.1, -0.05) is 13.8 Å². The lowest BCUT2D eigenvalue weighted by atomic mass is 9.74. The molecular weight excluding hydrogens is 385 g/mol. The molecule has 3 aromatic rings. The number of ether oxygens (including phenoxy) is 1. The first-order valence-corrected chi connectivity index (χ1v) is 9.69. The van der Waals surface area contributed by atoms with Gasteiger partial charge in [-0.05, 0) is 42.5 Å². The van der Waals surface area contributed by atoms with Crippen LogP contribution in [0.5, 0.6) is 5.75 Å². The number of hydrogen-bond donors (Lipinski definition) is 1. The summed E-state index contributed by atoms with van der Waals surface area (Å²) in [5, 5.41) is 3.03. The van der Waals surface area contributed by atoms with Gasteiger partial charge < -0.3 is 10.1 Å². The minimum absolute atomic E-state index is 0.0449. The second kappa shape index (κ2) is 8.14. The van der Waals surface area contributed by atoms with E-state index in [0.29, 0.717) is 17.3 Å². The van der Waals surface area contributed by atoms with E-state index >= 15 is 0 Å². The van der Waals surface area contributed by atoms with E-state index in [1.165, 1.54) is 24.3 Å². The van der Waals surface area contributed by atoms with Crippen molar-refractivity contribution >= 4 is 5.91 Å². The van der Waals surface area contributed by atoms with Crippen LogP contribution in [0.2, 0.25) is 0 Å². The maximum absolute atomic E-state index is 13.0. The molecule has 1 aromatic carbocycles. The Hall–Kier alpha value is -3.42. The number of nitrogens with one attached hydrogen (secondary N) is 1. The zero-order chi connectivity index (χ0) is 21.1. The van der Waals surface area contributed by atoms with Crippen LogP contribution >= 0.6 is 0 Å². The molecular formula is C22H22FN5O2. The van der Waals surface area contributed by atoms with Crippen LogP contribution in [0.15, 0.2) is 49.1 Å². The number of hydrogen-bond acceptors (Lipinski definition) is 6. The number of benzene rings is 1. The van der Waals surface area contributed by atoms with E-state index in [2.05, 4.69) is 34.1 Å². The Bertz CT molecular complexity index is 1040. The molecule has 7 nitrogen and oxygen atoms in total. The Balaban J connectivity index is 1.50. The van der Waals surface area contributed by atoms with Crippen LogP contribution in [0, 0.1) is 11.2 Å². The topological polar surface area (TPSA) is 89.9 Å². The van der Waals surface area contributed by atoms with E-state index < -0.39 is 0 Å². The van der Waals surface area contributed by atoms with Gasteiger partial charge in [-0.25, -0.2) is 19.3 Å². The smallest absolute Gasteiger partial charge is 0.258 e. The molecule has 1 aliphatic carbocycles. The summed E-state index contributed by atoms with van der Waals surface area (Å²) >= 11 is 0. The molecule has 1 N–H and O–H groups in total. The number of rotatable bonds is 5. The Morgan fingerprint density at radius 2 is 2.00 bits per heavy atom. The van der Waals surface area contributed by atoms with Gasteiger partial charge in [0.2, 0.25) is 0 Å². The molecule has 0 fully saturated rings. The van der Waals surface area contributed by atoms with Gasteiger partial charge in [0.25, 0.3) is 5.91 Å². The lowest BCUT2D eigenvalue weighted by Gasteiger charge is -2.36. The van der Waals surface area contributed by atoms with Gasteiger partial charge in [0.1, 0.15) is 17.3 Å². The van der Waals surface area contributed by atoms with Gasteiger partial charge in [0, 0.05) is 24.2 Å². The number of nitrogens with zero attached hydrogens (tertiary/aromatic N) is 4. The molecule has 0 aliphatic heterocycles. The summed E-state index contributed by atoms with van der Waals surface area (Å²) < 4.78 is 18.4. The summed E-state index contributed by atoms with van der Waals surface area (Å²) in [6.45, 7) is 4.14. The van der Waals surface area contributed by atoms with Crippen molar-refractivity contribution in [3.8, 4) is 17.3 Å². The van der Waals surface area contributed by atoms with Gasteiger partial charge in [0.15, 0.2) is 12.4 Å². The minimum atomic E-state index is -0.353. The zero-order valence-corrected chi connectivity index (χ0v) is 16.8. The molecule has 0 unspecified atom stereocenters. The van der Waals surface area contributed by atoms with Crippen LogP contribution in [0.4, 0.5) is 4.39 Å². The molecule has 1 atom stereocenters. The second-order valence-corrected chi connectivity index (χ2v) is 8.09. The molecule has 154 valence electrons. The van der Waals surface area contributed by atoms with E-state index in [0.717, 1.165) is 24.1 Å². The third-order valence-electron chi connectivity index (χ3n) is 4.99. The van der Waals surface area contributed by atoms with Crippen LogP contribution in [0.1, 0.15) is 37.6 Å². The third-order valence-corrected chi connectivity index (χ3v) is 4.99. The van der Waals surface area contributed by atoms with Crippen molar-refractivity contribution in [1.29, 1.82) is 0 Å². The fourth-order valence-electron chi connectivity index (χ4n) is 3.63. The summed E-state index contributed by atoms with van der Waals surface area (Å²) in [6.07, 6.45) is 8.12. The van der Waals surface area contributed by atoms with Crippen molar-refractivity contribution in [2.45, 2.75) is 32.7 Å². The molecule has 0 radical (unpaired) electrons. The van der Waals surface area contributed by atoms with Crippen molar-refractivity contribution in [2.75, 3.05) is 6.61 Å². The molecule has 4 rings (SSSR count). The van der Waals surface area contributed by atoms with Crippen LogP contribution in [0.25, 0.3) is 11.5 Å². The Labute approximate surface area is 173 Å². The van der Waals surface area contributed by atoms with Gasteiger partial charge >= 0.3 is 0 Å². The summed E-state index contributed by atoms with van der Waals surface area (Å²) in [7, 11) is 0. The average Bonchev–Trinajstić information content (AvgIpc) is 2.73. The molecule has 0 bridgehead atoms.